The maximum absolute atomic E-state index is 3.80. The number of allylic oxidation sites excluding steroid dienone is 3. The molecule has 0 aromatic rings. The summed E-state index contributed by atoms with van der Waals surface area (Å²) in [6.07, 6.45) is 7.56. The molecule has 0 aromatic heterocycles. The first-order valence-electron chi connectivity index (χ1n) is 3.73. The molecule has 0 unspecified atom stereocenters. The summed E-state index contributed by atoms with van der Waals surface area (Å²) >= 11 is 0. The van der Waals surface area contributed by atoms with Crippen LogP contribution >= 0.6 is 0 Å². The van der Waals surface area contributed by atoms with E-state index in [0.717, 1.165) is 5.92 Å². The molecule has 0 nitrogen and oxygen atoms in total. The van der Waals surface area contributed by atoms with Crippen molar-refractivity contribution in [2.45, 2.75) is 25.7 Å². The van der Waals surface area contributed by atoms with Crippen molar-refractivity contribution in [3.63, 3.8) is 0 Å². The van der Waals surface area contributed by atoms with Crippen LogP contribution < -0.4 is 0 Å². The highest BCUT2D eigenvalue weighted by Crippen LogP contribution is 2.44. The number of rotatable bonds is 1. The van der Waals surface area contributed by atoms with Gasteiger partial charge >= 0.3 is 0 Å². The molecule has 0 aromatic carbocycles. The van der Waals surface area contributed by atoms with Gasteiger partial charge in [0.05, 0.1) is 0 Å². The maximum Gasteiger partial charge on any atom is -0.0277 e. The SMILES string of the molecule is C=CC1=C2CC(CC1)C2. The zero-order chi connectivity index (χ0) is 6.27. The standard InChI is InChI=1S/C9H12/c1-2-8-4-3-7-5-9(8)6-7/h2,7H,1,3-6H2. The van der Waals surface area contributed by atoms with Crippen molar-refractivity contribution in [2.75, 3.05) is 0 Å². The van der Waals surface area contributed by atoms with Crippen molar-refractivity contribution >= 4 is 0 Å². The summed E-state index contributed by atoms with van der Waals surface area (Å²) in [7, 11) is 0. The second kappa shape index (κ2) is 1.73. The van der Waals surface area contributed by atoms with Crippen LogP contribution in [0.15, 0.2) is 23.8 Å². The predicted molar refractivity (Wildman–Crippen MR) is 39.2 cm³/mol. The Labute approximate surface area is 56.3 Å². The van der Waals surface area contributed by atoms with E-state index in [-0.39, 0.29) is 0 Å². The molecular formula is C9H12. The summed E-state index contributed by atoms with van der Waals surface area (Å²) in [6.45, 7) is 3.80. The van der Waals surface area contributed by atoms with Gasteiger partial charge in [-0.15, -0.1) is 0 Å². The normalized spacial score (nSPS) is 25.8. The Morgan fingerprint density at radius 1 is 1.44 bits per heavy atom. The van der Waals surface area contributed by atoms with E-state index < -0.39 is 0 Å². The highest BCUT2D eigenvalue weighted by Gasteiger charge is 2.29. The third kappa shape index (κ3) is 0.658. The van der Waals surface area contributed by atoms with E-state index >= 15 is 0 Å². The lowest BCUT2D eigenvalue weighted by molar-refractivity contribution is 0.356. The molecule has 3 rings (SSSR count). The van der Waals surface area contributed by atoms with E-state index in [1.165, 1.54) is 25.7 Å². The van der Waals surface area contributed by atoms with E-state index in [0.29, 0.717) is 0 Å². The monoisotopic (exact) mass is 120 g/mol. The van der Waals surface area contributed by atoms with Crippen LogP contribution in [-0.2, 0) is 0 Å². The van der Waals surface area contributed by atoms with Crippen molar-refractivity contribution in [1.29, 1.82) is 0 Å². The summed E-state index contributed by atoms with van der Waals surface area (Å²) in [4.78, 5) is 0. The summed E-state index contributed by atoms with van der Waals surface area (Å²) in [5.41, 5.74) is 3.25. The van der Waals surface area contributed by atoms with E-state index in [2.05, 4.69) is 6.58 Å². The Bertz CT molecular complexity index is 166. The molecule has 9 heavy (non-hydrogen) atoms. The Kier molecular flexibility index (Phi) is 1.01. The molecule has 48 valence electrons. The first kappa shape index (κ1) is 5.28. The molecule has 0 N–H and O–H groups in total. The third-order valence-electron chi connectivity index (χ3n) is 2.59. The molecular weight excluding hydrogens is 108 g/mol. The average Bonchev–Trinajstić information content (AvgIpc) is 1.86. The average molecular weight is 120 g/mol. The minimum Gasteiger partial charge on any atom is -0.0988 e. The molecule has 0 heteroatoms. The highest BCUT2D eigenvalue weighted by atomic mass is 14.3. The minimum absolute atomic E-state index is 1.06. The first-order valence-corrected chi connectivity index (χ1v) is 3.73. The quantitative estimate of drug-likeness (QED) is 0.499. The smallest absolute Gasteiger partial charge is 0.0277 e. The molecule has 0 spiro atoms. The minimum atomic E-state index is 1.06. The summed E-state index contributed by atoms with van der Waals surface area (Å²) < 4.78 is 0. The van der Waals surface area contributed by atoms with Crippen LogP contribution in [0.1, 0.15) is 25.7 Å². The van der Waals surface area contributed by atoms with Crippen LogP contribution in [0.4, 0.5) is 0 Å². The fraction of sp³-hybridized carbons (Fsp3) is 0.556. The van der Waals surface area contributed by atoms with Gasteiger partial charge in [-0.05, 0) is 37.2 Å². The van der Waals surface area contributed by atoms with E-state index in [1.54, 1.807) is 11.1 Å². The van der Waals surface area contributed by atoms with E-state index in [9.17, 15) is 0 Å². The molecule has 2 bridgehead atoms. The van der Waals surface area contributed by atoms with Crippen molar-refractivity contribution in [3.05, 3.63) is 23.8 Å². The maximum atomic E-state index is 3.80. The fourth-order valence-corrected chi connectivity index (χ4v) is 1.89. The second-order valence-corrected chi connectivity index (χ2v) is 3.15. The van der Waals surface area contributed by atoms with Crippen LogP contribution in [0.2, 0.25) is 0 Å². The van der Waals surface area contributed by atoms with Crippen molar-refractivity contribution in [2.24, 2.45) is 5.92 Å². The van der Waals surface area contributed by atoms with Gasteiger partial charge < -0.3 is 0 Å². The Morgan fingerprint density at radius 3 is 2.56 bits per heavy atom. The van der Waals surface area contributed by atoms with Crippen LogP contribution in [0.3, 0.4) is 0 Å². The second-order valence-electron chi connectivity index (χ2n) is 3.15. The predicted octanol–water partition coefficient (Wildman–Crippen LogP) is 2.67. The molecule has 0 aliphatic heterocycles. The van der Waals surface area contributed by atoms with Crippen LogP contribution in [-0.4, -0.2) is 0 Å². The van der Waals surface area contributed by atoms with Gasteiger partial charge in [-0.25, -0.2) is 0 Å². The summed E-state index contributed by atoms with van der Waals surface area (Å²) in [5.74, 6) is 1.06. The van der Waals surface area contributed by atoms with Gasteiger partial charge in [-0.3, -0.25) is 0 Å². The number of hydrogen-bond donors (Lipinski definition) is 0. The lowest BCUT2D eigenvalue weighted by atomic mass is 9.69. The number of hydrogen-bond acceptors (Lipinski definition) is 0. The van der Waals surface area contributed by atoms with Crippen LogP contribution in [0.25, 0.3) is 0 Å². The summed E-state index contributed by atoms with van der Waals surface area (Å²) in [5, 5.41) is 0. The molecule has 0 saturated heterocycles. The van der Waals surface area contributed by atoms with Gasteiger partial charge in [0.1, 0.15) is 0 Å². The molecule has 0 amide bonds. The zero-order valence-corrected chi connectivity index (χ0v) is 5.69. The van der Waals surface area contributed by atoms with Crippen molar-refractivity contribution in [1.82, 2.24) is 0 Å². The van der Waals surface area contributed by atoms with E-state index in [4.69, 9.17) is 0 Å². The molecule has 1 saturated carbocycles. The lowest BCUT2D eigenvalue weighted by Gasteiger charge is -2.36. The molecule has 0 heterocycles. The molecule has 0 radical (unpaired) electrons. The fourth-order valence-electron chi connectivity index (χ4n) is 1.89. The van der Waals surface area contributed by atoms with Crippen molar-refractivity contribution in [3.8, 4) is 0 Å². The lowest BCUT2D eigenvalue weighted by Crippen LogP contribution is -2.21. The van der Waals surface area contributed by atoms with Gasteiger partial charge in [0.15, 0.2) is 0 Å². The summed E-state index contributed by atoms with van der Waals surface area (Å²) in [6, 6.07) is 0. The largest absolute Gasteiger partial charge is 0.0988 e. The van der Waals surface area contributed by atoms with Gasteiger partial charge in [-0.2, -0.15) is 0 Å². The first-order chi connectivity index (χ1) is 4.40. The molecule has 0 atom stereocenters. The Balaban J connectivity index is 2.27. The zero-order valence-electron chi connectivity index (χ0n) is 5.69. The van der Waals surface area contributed by atoms with E-state index in [1.807, 2.05) is 6.08 Å². The van der Waals surface area contributed by atoms with Crippen LogP contribution in [0.5, 0.6) is 0 Å². The molecule has 1 fully saturated rings. The van der Waals surface area contributed by atoms with Gasteiger partial charge in [0.2, 0.25) is 0 Å². The van der Waals surface area contributed by atoms with Gasteiger partial charge in [0, 0.05) is 0 Å². The van der Waals surface area contributed by atoms with Gasteiger partial charge in [0.25, 0.3) is 0 Å². The topological polar surface area (TPSA) is 0 Å². The Hall–Kier alpha value is -0.520. The molecule has 3 aliphatic carbocycles. The number of fused-ring (bicyclic) bond motifs is 2. The highest BCUT2D eigenvalue weighted by molar-refractivity contribution is 5.32. The van der Waals surface area contributed by atoms with Crippen LogP contribution in [0, 0.1) is 5.92 Å². The van der Waals surface area contributed by atoms with Gasteiger partial charge in [-0.1, -0.05) is 18.2 Å². The van der Waals surface area contributed by atoms with Crippen molar-refractivity contribution < 1.29 is 0 Å². The molecule has 3 aliphatic rings. The Morgan fingerprint density at radius 2 is 2.22 bits per heavy atom. The third-order valence-corrected chi connectivity index (χ3v) is 2.59.